The Labute approximate surface area is 176 Å². The normalized spacial score (nSPS) is 23.3. The Balaban J connectivity index is 2.41. The summed E-state index contributed by atoms with van der Waals surface area (Å²) in [5, 5.41) is 11.5. The lowest BCUT2D eigenvalue weighted by molar-refractivity contribution is -0.186. The van der Waals surface area contributed by atoms with Gasteiger partial charge in [0.15, 0.2) is 5.79 Å². The van der Waals surface area contributed by atoms with Crippen LogP contribution in [0.3, 0.4) is 0 Å². The van der Waals surface area contributed by atoms with Crippen molar-refractivity contribution in [1.29, 1.82) is 0 Å². The Morgan fingerprint density at radius 2 is 1.83 bits per heavy atom. The molecular weight excluding hydrogens is 386 g/mol. The van der Waals surface area contributed by atoms with E-state index in [1.165, 1.54) is 0 Å². The lowest BCUT2D eigenvalue weighted by Crippen LogP contribution is -2.54. The number of carboxylic acids is 1. The van der Waals surface area contributed by atoms with E-state index in [2.05, 4.69) is 33.9 Å². The van der Waals surface area contributed by atoms with E-state index in [1.807, 2.05) is 56.2 Å². The van der Waals surface area contributed by atoms with Gasteiger partial charge in [-0.1, -0.05) is 51.1 Å². The molecule has 0 spiro atoms. The first-order chi connectivity index (χ1) is 13.2. The van der Waals surface area contributed by atoms with E-state index in [0.29, 0.717) is 6.54 Å². The zero-order chi connectivity index (χ0) is 22.0. The highest BCUT2D eigenvalue weighted by Crippen LogP contribution is 2.39. The molecule has 0 radical (unpaired) electrons. The SMILES string of the molecule is CC1OC(C)(C)OC1C(CC(=O)O)N(Cc1ccccc1)O[Si](C)(C)C(C)(C)C. The maximum atomic E-state index is 11.8. The molecule has 3 unspecified atom stereocenters. The highest BCUT2D eigenvalue weighted by molar-refractivity contribution is 6.74. The quantitative estimate of drug-likeness (QED) is 0.478. The summed E-state index contributed by atoms with van der Waals surface area (Å²) in [6.45, 7) is 17.0. The topological polar surface area (TPSA) is 68.2 Å². The van der Waals surface area contributed by atoms with Gasteiger partial charge in [0, 0.05) is 6.54 Å². The molecule has 1 heterocycles. The first-order valence-corrected chi connectivity index (χ1v) is 13.2. The first kappa shape index (κ1) is 24.0. The Morgan fingerprint density at radius 3 is 2.28 bits per heavy atom. The van der Waals surface area contributed by atoms with Gasteiger partial charge in [0.2, 0.25) is 8.32 Å². The molecule has 2 rings (SSSR count). The monoisotopic (exact) mass is 423 g/mol. The van der Waals surface area contributed by atoms with Gasteiger partial charge in [0.25, 0.3) is 0 Å². The molecule has 1 aliphatic rings. The number of hydrogen-bond donors (Lipinski definition) is 1. The predicted molar refractivity (Wildman–Crippen MR) is 116 cm³/mol. The van der Waals surface area contributed by atoms with Gasteiger partial charge in [0.1, 0.15) is 6.10 Å². The summed E-state index contributed by atoms with van der Waals surface area (Å²) >= 11 is 0. The van der Waals surface area contributed by atoms with Crippen molar-refractivity contribution in [3.8, 4) is 0 Å². The summed E-state index contributed by atoms with van der Waals surface area (Å²) in [4.78, 5) is 11.8. The standard InChI is InChI=1S/C22H37NO5Si/c1-16-20(27-22(5,6)26-16)18(14-19(24)25)23(15-17-12-10-9-11-13-17)28-29(7,8)21(2,3)4/h9-13,16,18,20H,14-15H2,1-8H3,(H,24,25). The predicted octanol–water partition coefficient (Wildman–Crippen LogP) is 4.81. The fourth-order valence-electron chi connectivity index (χ4n) is 3.33. The van der Waals surface area contributed by atoms with E-state index >= 15 is 0 Å². The zero-order valence-corrected chi connectivity index (χ0v) is 20.1. The smallest absolute Gasteiger partial charge is 0.305 e. The van der Waals surface area contributed by atoms with Gasteiger partial charge >= 0.3 is 5.97 Å². The van der Waals surface area contributed by atoms with E-state index in [0.717, 1.165) is 5.56 Å². The molecule has 1 N–H and O–H groups in total. The number of carbonyl (C=O) groups is 1. The molecule has 1 saturated heterocycles. The number of carboxylic acid groups (broad SMARTS) is 1. The van der Waals surface area contributed by atoms with Gasteiger partial charge < -0.3 is 19.1 Å². The molecule has 3 atom stereocenters. The number of hydrogen-bond acceptors (Lipinski definition) is 5. The van der Waals surface area contributed by atoms with Gasteiger partial charge in [-0.25, -0.2) is 0 Å². The van der Waals surface area contributed by atoms with E-state index in [-0.39, 0.29) is 17.6 Å². The minimum Gasteiger partial charge on any atom is -0.481 e. The van der Waals surface area contributed by atoms with E-state index in [4.69, 9.17) is 14.0 Å². The molecule has 0 aromatic heterocycles. The lowest BCUT2D eigenvalue weighted by Gasteiger charge is -2.44. The molecule has 7 heteroatoms. The third-order valence-electron chi connectivity index (χ3n) is 5.82. The lowest BCUT2D eigenvalue weighted by atomic mass is 10.0. The Morgan fingerprint density at radius 1 is 1.24 bits per heavy atom. The van der Waals surface area contributed by atoms with Crippen LogP contribution < -0.4 is 0 Å². The van der Waals surface area contributed by atoms with Gasteiger partial charge in [-0.05, 0) is 44.5 Å². The number of ether oxygens (including phenoxy) is 2. The van der Waals surface area contributed by atoms with Crippen LogP contribution in [-0.4, -0.2) is 48.5 Å². The van der Waals surface area contributed by atoms with Crippen LogP contribution >= 0.6 is 0 Å². The average molecular weight is 424 g/mol. The van der Waals surface area contributed by atoms with Crippen LogP contribution in [0.2, 0.25) is 18.1 Å². The average Bonchev–Trinajstić information content (AvgIpc) is 2.84. The van der Waals surface area contributed by atoms with Crippen molar-refractivity contribution in [3.63, 3.8) is 0 Å². The van der Waals surface area contributed by atoms with Gasteiger partial charge in [-0.15, -0.1) is 0 Å². The number of nitrogens with zero attached hydrogens (tertiary/aromatic N) is 1. The van der Waals surface area contributed by atoms with Crippen LogP contribution in [0.1, 0.15) is 53.5 Å². The minimum absolute atomic E-state index is 0.0202. The molecule has 1 aromatic carbocycles. The number of rotatable bonds is 8. The van der Waals surface area contributed by atoms with Crippen molar-refractivity contribution in [2.45, 2.75) is 96.7 Å². The van der Waals surface area contributed by atoms with E-state index < -0.39 is 32.2 Å². The molecule has 0 bridgehead atoms. The molecule has 29 heavy (non-hydrogen) atoms. The summed E-state index contributed by atoms with van der Waals surface area (Å²) in [5.74, 6) is -1.64. The second-order valence-corrected chi connectivity index (χ2v) is 14.6. The zero-order valence-electron chi connectivity index (χ0n) is 19.1. The molecule has 0 saturated carbocycles. The van der Waals surface area contributed by atoms with Crippen molar-refractivity contribution in [2.24, 2.45) is 0 Å². The van der Waals surface area contributed by atoms with Gasteiger partial charge in [-0.2, -0.15) is 5.06 Å². The molecule has 1 fully saturated rings. The second-order valence-electron chi connectivity index (χ2n) is 9.88. The number of aliphatic carboxylic acids is 1. The molecule has 1 aliphatic heterocycles. The molecule has 1 aromatic rings. The van der Waals surface area contributed by atoms with Crippen LogP contribution in [-0.2, 0) is 25.3 Å². The summed E-state index contributed by atoms with van der Waals surface area (Å²) in [6.07, 6.45) is -0.735. The maximum Gasteiger partial charge on any atom is 0.305 e. The highest BCUT2D eigenvalue weighted by atomic mass is 28.4. The summed E-state index contributed by atoms with van der Waals surface area (Å²) in [5.41, 5.74) is 1.06. The molecule has 164 valence electrons. The first-order valence-electron chi connectivity index (χ1n) is 10.3. The van der Waals surface area contributed by atoms with Crippen LogP contribution in [0.25, 0.3) is 0 Å². The van der Waals surface area contributed by atoms with Crippen molar-refractivity contribution in [1.82, 2.24) is 5.06 Å². The van der Waals surface area contributed by atoms with Gasteiger partial charge in [-0.3, -0.25) is 4.79 Å². The van der Waals surface area contributed by atoms with Crippen LogP contribution in [0, 0.1) is 0 Å². The molecule has 0 amide bonds. The summed E-state index contributed by atoms with van der Waals surface area (Å²) < 4.78 is 18.8. The fourth-order valence-corrected chi connectivity index (χ4v) is 4.39. The Hall–Kier alpha value is -1.25. The largest absolute Gasteiger partial charge is 0.481 e. The van der Waals surface area contributed by atoms with Crippen molar-refractivity contribution in [2.75, 3.05) is 0 Å². The third-order valence-corrected chi connectivity index (χ3v) is 10.1. The Bertz CT molecular complexity index is 686. The van der Waals surface area contributed by atoms with Crippen LogP contribution in [0.5, 0.6) is 0 Å². The Kier molecular flexibility index (Phi) is 7.33. The van der Waals surface area contributed by atoms with Crippen molar-refractivity contribution in [3.05, 3.63) is 35.9 Å². The minimum atomic E-state index is -2.21. The van der Waals surface area contributed by atoms with E-state index in [1.54, 1.807) is 0 Å². The number of hydroxylamine groups is 2. The third kappa shape index (κ3) is 6.36. The number of benzene rings is 1. The van der Waals surface area contributed by atoms with E-state index in [9.17, 15) is 9.90 Å². The fraction of sp³-hybridized carbons (Fsp3) is 0.682. The van der Waals surface area contributed by atoms with Gasteiger partial charge in [0.05, 0.1) is 18.6 Å². The molecular formula is C22H37NO5Si. The van der Waals surface area contributed by atoms with Crippen molar-refractivity contribution >= 4 is 14.3 Å². The summed E-state index contributed by atoms with van der Waals surface area (Å²) in [6, 6.07) is 9.51. The molecule has 0 aliphatic carbocycles. The van der Waals surface area contributed by atoms with Crippen LogP contribution in [0.15, 0.2) is 30.3 Å². The van der Waals surface area contributed by atoms with Crippen molar-refractivity contribution < 1.29 is 23.9 Å². The second kappa shape index (κ2) is 8.86. The summed E-state index contributed by atoms with van der Waals surface area (Å²) in [7, 11) is -2.21. The maximum absolute atomic E-state index is 11.8. The van der Waals surface area contributed by atoms with Crippen LogP contribution in [0.4, 0.5) is 0 Å². The highest BCUT2D eigenvalue weighted by Gasteiger charge is 2.48. The molecule has 6 nitrogen and oxygen atoms in total.